The van der Waals surface area contributed by atoms with Crippen molar-refractivity contribution in [3.8, 4) is 0 Å². The van der Waals surface area contributed by atoms with E-state index in [-0.39, 0.29) is 6.61 Å². The average molecular weight is 223 g/mol. The summed E-state index contributed by atoms with van der Waals surface area (Å²) in [5, 5.41) is 12.4. The van der Waals surface area contributed by atoms with Crippen LogP contribution in [0.3, 0.4) is 0 Å². The van der Waals surface area contributed by atoms with Gasteiger partial charge in [-0.3, -0.25) is 0 Å². The minimum Gasteiger partial charge on any atom is -0.392 e. The van der Waals surface area contributed by atoms with E-state index in [4.69, 9.17) is 5.11 Å². The van der Waals surface area contributed by atoms with Crippen LogP contribution in [-0.4, -0.2) is 23.2 Å². The molecule has 1 aromatic rings. The Balaban J connectivity index is 1.86. The van der Waals surface area contributed by atoms with Gasteiger partial charge in [0.25, 0.3) is 0 Å². The molecule has 1 atom stereocenters. The molecule has 1 fully saturated rings. The molecule has 0 saturated carbocycles. The zero-order valence-corrected chi connectivity index (χ0v) is 9.59. The van der Waals surface area contributed by atoms with E-state index < -0.39 is 0 Å². The summed E-state index contributed by atoms with van der Waals surface area (Å²) >= 11 is 2.04. The summed E-state index contributed by atoms with van der Waals surface area (Å²) in [6.07, 6.45) is 1.33. The zero-order valence-electron chi connectivity index (χ0n) is 8.78. The maximum atomic E-state index is 9.01. The third-order valence-electron chi connectivity index (χ3n) is 2.73. The molecule has 15 heavy (non-hydrogen) atoms. The van der Waals surface area contributed by atoms with Gasteiger partial charge < -0.3 is 10.4 Å². The van der Waals surface area contributed by atoms with Gasteiger partial charge in [-0.1, -0.05) is 12.1 Å². The van der Waals surface area contributed by atoms with Gasteiger partial charge in [0, 0.05) is 12.2 Å². The number of anilines is 1. The van der Waals surface area contributed by atoms with Crippen molar-refractivity contribution in [1.82, 2.24) is 0 Å². The molecule has 0 aliphatic carbocycles. The molecule has 0 amide bonds. The molecule has 0 radical (unpaired) electrons. The molecule has 1 unspecified atom stereocenters. The van der Waals surface area contributed by atoms with E-state index >= 15 is 0 Å². The summed E-state index contributed by atoms with van der Waals surface area (Å²) < 4.78 is 0. The van der Waals surface area contributed by atoms with Crippen LogP contribution in [0.5, 0.6) is 0 Å². The molecule has 1 saturated heterocycles. The third-order valence-corrected chi connectivity index (χ3v) is 3.96. The summed E-state index contributed by atoms with van der Waals surface area (Å²) in [6, 6.07) is 8.00. The van der Waals surface area contributed by atoms with Gasteiger partial charge in [0.15, 0.2) is 0 Å². The van der Waals surface area contributed by atoms with Gasteiger partial charge in [-0.15, -0.1) is 0 Å². The second-order valence-corrected chi connectivity index (χ2v) is 5.12. The summed E-state index contributed by atoms with van der Waals surface area (Å²) in [7, 11) is 0. The van der Waals surface area contributed by atoms with E-state index in [0.717, 1.165) is 23.7 Å². The van der Waals surface area contributed by atoms with Crippen molar-refractivity contribution in [2.45, 2.75) is 13.0 Å². The van der Waals surface area contributed by atoms with Crippen molar-refractivity contribution in [3.63, 3.8) is 0 Å². The minimum atomic E-state index is 0.120. The lowest BCUT2D eigenvalue weighted by molar-refractivity contribution is 0.282. The molecule has 1 aliphatic heterocycles. The van der Waals surface area contributed by atoms with E-state index in [1.165, 1.54) is 17.9 Å². The highest BCUT2D eigenvalue weighted by Crippen LogP contribution is 2.23. The van der Waals surface area contributed by atoms with Gasteiger partial charge in [0.2, 0.25) is 0 Å². The van der Waals surface area contributed by atoms with Crippen LogP contribution in [0.2, 0.25) is 0 Å². The van der Waals surface area contributed by atoms with Crippen LogP contribution < -0.4 is 5.32 Å². The lowest BCUT2D eigenvalue weighted by Crippen LogP contribution is -2.13. The lowest BCUT2D eigenvalue weighted by Gasteiger charge is -2.11. The largest absolute Gasteiger partial charge is 0.392 e. The predicted molar refractivity (Wildman–Crippen MR) is 66.3 cm³/mol. The van der Waals surface area contributed by atoms with Crippen LogP contribution in [-0.2, 0) is 6.61 Å². The first-order valence-corrected chi connectivity index (χ1v) is 6.55. The highest BCUT2D eigenvalue weighted by molar-refractivity contribution is 7.99. The molecule has 82 valence electrons. The van der Waals surface area contributed by atoms with Crippen LogP contribution in [0.4, 0.5) is 5.69 Å². The van der Waals surface area contributed by atoms with Crippen molar-refractivity contribution >= 4 is 17.4 Å². The van der Waals surface area contributed by atoms with Gasteiger partial charge in [-0.25, -0.2) is 0 Å². The fourth-order valence-corrected chi connectivity index (χ4v) is 3.07. The fourth-order valence-electron chi connectivity index (χ4n) is 1.79. The molecule has 1 aliphatic rings. The van der Waals surface area contributed by atoms with Gasteiger partial charge >= 0.3 is 0 Å². The Morgan fingerprint density at radius 2 is 2.40 bits per heavy atom. The van der Waals surface area contributed by atoms with Crippen molar-refractivity contribution in [2.75, 3.05) is 23.4 Å². The van der Waals surface area contributed by atoms with Crippen molar-refractivity contribution < 1.29 is 5.11 Å². The molecule has 0 aromatic heterocycles. The Kier molecular flexibility index (Phi) is 3.92. The first kappa shape index (κ1) is 10.8. The number of hydrogen-bond donors (Lipinski definition) is 2. The first-order valence-electron chi connectivity index (χ1n) is 5.40. The molecule has 2 nitrogen and oxygen atoms in total. The number of hydrogen-bond acceptors (Lipinski definition) is 3. The van der Waals surface area contributed by atoms with Gasteiger partial charge in [-0.05, 0) is 41.5 Å². The van der Waals surface area contributed by atoms with E-state index in [1.807, 2.05) is 30.0 Å². The van der Waals surface area contributed by atoms with Crippen molar-refractivity contribution in [1.29, 1.82) is 0 Å². The second kappa shape index (κ2) is 5.42. The van der Waals surface area contributed by atoms with Gasteiger partial charge in [0.1, 0.15) is 0 Å². The van der Waals surface area contributed by atoms with E-state index in [0.29, 0.717) is 0 Å². The maximum absolute atomic E-state index is 9.01. The smallest absolute Gasteiger partial charge is 0.0682 e. The topological polar surface area (TPSA) is 32.3 Å². The highest BCUT2D eigenvalue weighted by atomic mass is 32.2. The molecule has 2 rings (SSSR count). The normalized spacial score (nSPS) is 20.5. The average Bonchev–Trinajstić information content (AvgIpc) is 2.79. The summed E-state index contributed by atoms with van der Waals surface area (Å²) in [5.74, 6) is 3.41. The fraction of sp³-hybridized carbons (Fsp3) is 0.500. The number of rotatable bonds is 4. The minimum absolute atomic E-state index is 0.120. The summed E-state index contributed by atoms with van der Waals surface area (Å²) in [6.45, 7) is 1.18. The summed E-state index contributed by atoms with van der Waals surface area (Å²) in [4.78, 5) is 0. The predicted octanol–water partition coefficient (Wildman–Crippen LogP) is 2.34. The van der Waals surface area contributed by atoms with Crippen LogP contribution >= 0.6 is 11.8 Å². The van der Waals surface area contributed by atoms with Gasteiger partial charge in [-0.2, -0.15) is 11.8 Å². The SMILES string of the molecule is OCc1cccc(NCC2CCSC2)c1. The second-order valence-electron chi connectivity index (χ2n) is 3.97. The number of aliphatic hydroxyl groups is 1. The molecule has 2 N–H and O–H groups in total. The molecule has 3 heteroatoms. The van der Waals surface area contributed by atoms with Crippen LogP contribution in [0.25, 0.3) is 0 Å². The monoisotopic (exact) mass is 223 g/mol. The van der Waals surface area contributed by atoms with Crippen LogP contribution in [0, 0.1) is 5.92 Å². The Labute approximate surface area is 95.1 Å². The maximum Gasteiger partial charge on any atom is 0.0682 e. The quantitative estimate of drug-likeness (QED) is 0.822. The first-order chi connectivity index (χ1) is 7.38. The molecular weight excluding hydrogens is 206 g/mol. The summed E-state index contributed by atoms with van der Waals surface area (Å²) in [5.41, 5.74) is 2.10. The Morgan fingerprint density at radius 3 is 3.13 bits per heavy atom. The lowest BCUT2D eigenvalue weighted by atomic mass is 10.1. The van der Waals surface area contributed by atoms with Gasteiger partial charge in [0.05, 0.1) is 6.61 Å². The zero-order chi connectivity index (χ0) is 10.5. The van der Waals surface area contributed by atoms with Crippen molar-refractivity contribution in [3.05, 3.63) is 29.8 Å². The van der Waals surface area contributed by atoms with E-state index in [9.17, 15) is 0 Å². The molecule has 0 spiro atoms. The number of thioether (sulfide) groups is 1. The number of benzene rings is 1. The Bertz CT molecular complexity index is 310. The van der Waals surface area contributed by atoms with E-state index in [2.05, 4.69) is 11.4 Å². The molecular formula is C12H17NOS. The standard InChI is InChI=1S/C12H17NOS/c14-8-10-2-1-3-12(6-10)13-7-11-4-5-15-9-11/h1-3,6,11,13-14H,4-5,7-9H2. The molecule has 0 bridgehead atoms. The third kappa shape index (κ3) is 3.14. The number of aliphatic hydroxyl groups excluding tert-OH is 1. The number of nitrogens with one attached hydrogen (secondary N) is 1. The van der Waals surface area contributed by atoms with Crippen LogP contribution in [0.1, 0.15) is 12.0 Å². The molecule has 1 heterocycles. The van der Waals surface area contributed by atoms with Crippen molar-refractivity contribution in [2.24, 2.45) is 5.92 Å². The Hall–Kier alpha value is -0.670. The van der Waals surface area contributed by atoms with E-state index in [1.54, 1.807) is 0 Å². The molecule has 1 aromatic carbocycles. The van der Waals surface area contributed by atoms with Crippen LogP contribution in [0.15, 0.2) is 24.3 Å². The highest BCUT2D eigenvalue weighted by Gasteiger charge is 2.14. The Morgan fingerprint density at radius 1 is 1.47 bits per heavy atom.